The number of aromatic nitrogens is 2. The van der Waals surface area contributed by atoms with E-state index in [4.69, 9.17) is 0 Å². The number of nitrogens with zero attached hydrogens (tertiary/aromatic N) is 4. The van der Waals surface area contributed by atoms with Crippen LogP contribution in [0.4, 0.5) is 0 Å². The van der Waals surface area contributed by atoms with Crippen LogP contribution in [-0.4, -0.2) is 57.0 Å². The lowest BCUT2D eigenvalue weighted by Gasteiger charge is -2.25. The predicted molar refractivity (Wildman–Crippen MR) is 121 cm³/mol. The molecule has 0 radical (unpaired) electrons. The zero-order valence-electron chi connectivity index (χ0n) is 18.3. The monoisotopic (exact) mass is 418 g/mol. The zero-order valence-corrected chi connectivity index (χ0v) is 18.3. The van der Waals surface area contributed by atoms with E-state index in [-0.39, 0.29) is 5.91 Å². The van der Waals surface area contributed by atoms with Gasteiger partial charge in [0.15, 0.2) is 0 Å². The van der Waals surface area contributed by atoms with Gasteiger partial charge in [0, 0.05) is 61.0 Å². The molecule has 1 saturated heterocycles. The van der Waals surface area contributed by atoms with Crippen molar-refractivity contribution in [1.29, 1.82) is 0 Å². The van der Waals surface area contributed by atoms with Crippen LogP contribution in [-0.2, 0) is 19.5 Å². The number of rotatable bonds is 4. The molecule has 0 spiro atoms. The predicted octanol–water partition coefficient (Wildman–Crippen LogP) is 3.30. The molecule has 0 bridgehead atoms. The van der Waals surface area contributed by atoms with Crippen LogP contribution in [0.15, 0.2) is 36.5 Å². The van der Waals surface area contributed by atoms with E-state index >= 15 is 0 Å². The molecular weight excluding hydrogens is 388 g/mol. The smallest absolute Gasteiger partial charge is 0.272 e. The van der Waals surface area contributed by atoms with Crippen molar-refractivity contribution in [3.05, 3.63) is 64.6 Å². The van der Waals surface area contributed by atoms with E-state index in [1.165, 1.54) is 27.7 Å². The van der Waals surface area contributed by atoms with E-state index in [2.05, 4.69) is 46.6 Å². The number of aliphatic hydroxyl groups excluding tert-OH is 1. The van der Waals surface area contributed by atoms with Gasteiger partial charge < -0.3 is 19.5 Å². The molecule has 6 heteroatoms. The second kappa shape index (κ2) is 8.09. The summed E-state index contributed by atoms with van der Waals surface area (Å²) in [4.78, 5) is 21.1. The summed E-state index contributed by atoms with van der Waals surface area (Å²) in [5, 5.41) is 12.3. The molecule has 3 aromatic rings. The Bertz CT molecular complexity index is 1110. The average Bonchev–Trinajstić information content (AvgIpc) is 3.41. The number of amides is 1. The third-order valence-electron chi connectivity index (χ3n) is 6.74. The molecule has 1 aromatic carbocycles. The highest BCUT2D eigenvalue weighted by molar-refractivity contribution is 5.92. The first kappa shape index (κ1) is 20.2. The number of aliphatic hydroxyl groups is 1. The molecule has 1 N–H and O–H groups in total. The van der Waals surface area contributed by atoms with Crippen molar-refractivity contribution in [3.8, 4) is 0 Å². The molecule has 0 aliphatic carbocycles. The fraction of sp³-hybridized carbons (Fsp3) is 0.440. The third kappa shape index (κ3) is 3.75. The molecule has 162 valence electrons. The number of hydrogen-bond acceptors (Lipinski definition) is 4. The molecule has 4 heterocycles. The Labute approximate surface area is 183 Å². The molecule has 1 amide bonds. The van der Waals surface area contributed by atoms with Crippen molar-refractivity contribution in [1.82, 2.24) is 19.4 Å². The fourth-order valence-corrected chi connectivity index (χ4v) is 5.00. The largest absolute Gasteiger partial charge is 0.386 e. The molecule has 31 heavy (non-hydrogen) atoms. The van der Waals surface area contributed by atoms with E-state index < -0.39 is 6.10 Å². The molecule has 2 aromatic heterocycles. The number of carbonyl (C=O) groups is 1. The number of aryl methyl sites for hydroxylation is 1. The maximum Gasteiger partial charge on any atom is 0.272 e. The van der Waals surface area contributed by atoms with Crippen LogP contribution in [0, 0.1) is 6.92 Å². The van der Waals surface area contributed by atoms with Gasteiger partial charge >= 0.3 is 0 Å². The number of carbonyl (C=O) groups excluding carboxylic acids is 1. The maximum absolute atomic E-state index is 12.5. The van der Waals surface area contributed by atoms with Crippen LogP contribution in [0.1, 0.15) is 51.8 Å². The molecular formula is C25H30N4O2. The lowest BCUT2D eigenvalue weighted by molar-refractivity contribution is 0.0786. The van der Waals surface area contributed by atoms with Crippen molar-refractivity contribution >= 4 is 16.8 Å². The Kier molecular flexibility index (Phi) is 5.28. The van der Waals surface area contributed by atoms with Crippen LogP contribution in [0.3, 0.4) is 0 Å². The van der Waals surface area contributed by atoms with Gasteiger partial charge in [-0.05, 0) is 50.6 Å². The number of pyridine rings is 1. The van der Waals surface area contributed by atoms with Gasteiger partial charge in [0.05, 0.1) is 12.6 Å². The lowest BCUT2D eigenvalue weighted by atomic mass is 10.0. The molecule has 1 atom stereocenters. The van der Waals surface area contributed by atoms with Crippen LogP contribution in [0.2, 0.25) is 0 Å². The van der Waals surface area contributed by atoms with E-state index in [0.29, 0.717) is 12.2 Å². The number of likely N-dealkylation sites (tertiary alicyclic amines) is 1. The van der Waals surface area contributed by atoms with E-state index in [9.17, 15) is 9.90 Å². The number of likely N-dealkylation sites (N-methyl/N-ethyl adjacent to an activating group) is 1. The second-order valence-electron chi connectivity index (χ2n) is 9.04. The van der Waals surface area contributed by atoms with Gasteiger partial charge in [-0.15, -0.1) is 0 Å². The minimum Gasteiger partial charge on any atom is -0.386 e. The summed E-state index contributed by atoms with van der Waals surface area (Å²) in [6.45, 7) is 6.19. The minimum absolute atomic E-state index is 0.0106. The summed E-state index contributed by atoms with van der Waals surface area (Å²) in [7, 11) is 2.16. The highest BCUT2D eigenvalue weighted by Crippen LogP contribution is 2.32. The van der Waals surface area contributed by atoms with Crippen LogP contribution in [0.5, 0.6) is 0 Å². The van der Waals surface area contributed by atoms with E-state index in [0.717, 1.165) is 51.0 Å². The fourth-order valence-electron chi connectivity index (χ4n) is 5.00. The standard InChI is InChI=1S/C25H30N4O2/c1-17-5-8-22-19(13-17)20-15-27(2)12-9-23(20)29(22)16-24(30)18-6-7-21(26-14-18)25(31)28-10-3-4-11-28/h5-8,13-14,24,30H,3-4,9-12,15-16H2,1-2H3. The first-order valence-corrected chi connectivity index (χ1v) is 11.2. The number of benzene rings is 1. The van der Waals surface area contributed by atoms with Gasteiger partial charge in [-0.1, -0.05) is 17.7 Å². The molecule has 0 saturated carbocycles. The normalized spacial score (nSPS) is 17.8. The van der Waals surface area contributed by atoms with E-state index in [1.807, 2.05) is 11.0 Å². The van der Waals surface area contributed by atoms with Crippen molar-refractivity contribution in [2.75, 3.05) is 26.7 Å². The maximum atomic E-state index is 12.5. The van der Waals surface area contributed by atoms with Gasteiger partial charge in [0.1, 0.15) is 5.69 Å². The summed E-state index contributed by atoms with van der Waals surface area (Å²) < 4.78 is 2.28. The first-order chi connectivity index (χ1) is 15.0. The van der Waals surface area contributed by atoms with Crippen LogP contribution >= 0.6 is 0 Å². The molecule has 1 fully saturated rings. The summed E-state index contributed by atoms with van der Waals surface area (Å²) >= 11 is 0. The summed E-state index contributed by atoms with van der Waals surface area (Å²) in [6, 6.07) is 10.2. The summed E-state index contributed by atoms with van der Waals surface area (Å²) in [5.41, 5.74) is 6.34. The third-order valence-corrected chi connectivity index (χ3v) is 6.74. The van der Waals surface area contributed by atoms with Crippen LogP contribution < -0.4 is 0 Å². The van der Waals surface area contributed by atoms with Crippen LogP contribution in [0.25, 0.3) is 10.9 Å². The zero-order chi connectivity index (χ0) is 21.5. The number of fused-ring (bicyclic) bond motifs is 3. The Morgan fingerprint density at radius 3 is 2.71 bits per heavy atom. The average molecular weight is 419 g/mol. The summed E-state index contributed by atoms with van der Waals surface area (Å²) in [5.74, 6) is -0.0106. The number of hydrogen-bond donors (Lipinski definition) is 1. The van der Waals surface area contributed by atoms with Gasteiger partial charge in [-0.2, -0.15) is 0 Å². The van der Waals surface area contributed by atoms with Gasteiger partial charge in [-0.25, -0.2) is 0 Å². The molecule has 6 nitrogen and oxygen atoms in total. The topological polar surface area (TPSA) is 61.6 Å². The quantitative estimate of drug-likeness (QED) is 0.706. The summed E-state index contributed by atoms with van der Waals surface area (Å²) in [6.07, 6.45) is 4.08. The van der Waals surface area contributed by atoms with Gasteiger partial charge in [-0.3, -0.25) is 9.78 Å². The first-order valence-electron chi connectivity index (χ1n) is 11.2. The molecule has 1 unspecified atom stereocenters. The minimum atomic E-state index is -0.677. The Morgan fingerprint density at radius 2 is 1.97 bits per heavy atom. The molecule has 5 rings (SSSR count). The molecule has 2 aliphatic rings. The molecule has 2 aliphatic heterocycles. The highest BCUT2D eigenvalue weighted by atomic mass is 16.3. The SMILES string of the molecule is Cc1ccc2c(c1)c1c(n2CC(O)c2ccc(C(=O)N3CCCC3)nc2)CCN(C)C1. The van der Waals surface area contributed by atoms with Crippen molar-refractivity contribution in [2.45, 2.75) is 45.4 Å². The van der Waals surface area contributed by atoms with Crippen molar-refractivity contribution < 1.29 is 9.90 Å². The lowest BCUT2D eigenvalue weighted by Crippen LogP contribution is -2.28. The Balaban J connectivity index is 1.41. The van der Waals surface area contributed by atoms with Gasteiger partial charge in [0.25, 0.3) is 5.91 Å². The Morgan fingerprint density at radius 1 is 1.16 bits per heavy atom. The van der Waals surface area contributed by atoms with Crippen molar-refractivity contribution in [2.24, 2.45) is 0 Å². The highest BCUT2D eigenvalue weighted by Gasteiger charge is 2.25. The Hall–Kier alpha value is -2.70. The second-order valence-corrected chi connectivity index (χ2v) is 9.04. The van der Waals surface area contributed by atoms with E-state index in [1.54, 1.807) is 12.3 Å². The van der Waals surface area contributed by atoms with Crippen molar-refractivity contribution in [3.63, 3.8) is 0 Å². The van der Waals surface area contributed by atoms with Gasteiger partial charge in [0.2, 0.25) is 0 Å².